The van der Waals surface area contributed by atoms with E-state index < -0.39 is 0 Å². The Labute approximate surface area is 191 Å². The third-order valence-electron chi connectivity index (χ3n) is 7.27. The summed E-state index contributed by atoms with van der Waals surface area (Å²) in [5.41, 5.74) is 6.35. The molecule has 0 bridgehead atoms. The lowest BCUT2D eigenvalue weighted by molar-refractivity contribution is 0.0617. The summed E-state index contributed by atoms with van der Waals surface area (Å²) in [5.74, 6) is 0. The first-order valence-electron chi connectivity index (χ1n) is 12.4. The van der Waals surface area contributed by atoms with E-state index in [0.717, 1.165) is 0 Å². The minimum Gasteiger partial charge on any atom is -0.382 e. The molecule has 1 heterocycles. The number of nitrogens with one attached hydrogen (secondary N) is 1. The maximum absolute atomic E-state index is 5.93. The fraction of sp³-hybridized carbons (Fsp3) is 0.500. The monoisotopic (exact) mass is 432 g/mol. The number of aromatic nitrogens is 1. The molecular weight excluding hydrogens is 396 g/mol. The lowest BCUT2D eigenvalue weighted by Gasteiger charge is -2.37. The molecule has 5 rings (SSSR count). The van der Waals surface area contributed by atoms with Gasteiger partial charge in [0, 0.05) is 30.3 Å². The quantitative estimate of drug-likeness (QED) is 0.383. The molecule has 1 aromatic heterocycles. The highest BCUT2D eigenvalue weighted by molar-refractivity contribution is 5.96. The van der Waals surface area contributed by atoms with Gasteiger partial charge in [-0.1, -0.05) is 56.0 Å². The summed E-state index contributed by atoms with van der Waals surface area (Å²) < 4.78 is 11.1. The first-order valence-corrected chi connectivity index (χ1v) is 12.4. The van der Waals surface area contributed by atoms with Crippen LogP contribution in [-0.4, -0.2) is 37.4 Å². The molecule has 170 valence electrons. The first-order chi connectivity index (χ1) is 15.8. The Hall–Kier alpha value is -2.30. The molecule has 0 saturated heterocycles. The molecule has 2 saturated carbocycles. The highest BCUT2D eigenvalue weighted by Gasteiger charge is 2.32. The van der Waals surface area contributed by atoms with Gasteiger partial charge in [0.05, 0.1) is 31.0 Å². The number of hydrogen-bond acceptors (Lipinski definition) is 3. The van der Waals surface area contributed by atoms with Crippen molar-refractivity contribution in [1.82, 2.24) is 4.98 Å². The van der Waals surface area contributed by atoms with Crippen molar-refractivity contribution in [3.63, 3.8) is 0 Å². The third-order valence-corrected chi connectivity index (χ3v) is 7.27. The van der Waals surface area contributed by atoms with Crippen LogP contribution in [0.2, 0.25) is 0 Å². The van der Waals surface area contributed by atoms with Crippen LogP contribution in [0.25, 0.3) is 22.2 Å². The zero-order valence-corrected chi connectivity index (χ0v) is 19.3. The highest BCUT2D eigenvalue weighted by atomic mass is 16.5. The standard InChI is InChI=1S/C28H36N2O2/c1-31-15-16-32-20-21-17-23-19-26(22-9-3-2-4-10-22)29-28(23)27(18-21)30(24-11-5-6-12-24)25-13-7-8-14-25/h2-4,9-10,17-19,24-25,29H,5-8,11-16,20H2,1H3. The van der Waals surface area contributed by atoms with Gasteiger partial charge < -0.3 is 19.4 Å². The predicted octanol–water partition coefficient (Wildman–Crippen LogP) is 6.69. The number of methoxy groups -OCH3 is 1. The Kier molecular flexibility index (Phi) is 6.80. The van der Waals surface area contributed by atoms with Crippen LogP contribution in [0.15, 0.2) is 48.5 Å². The number of H-pyrrole nitrogens is 1. The largest absolute Gasteiger partial charge is 0.382 e. The lowest BCUT2D eigenvalue weighted by Crippen LogP contribution is -2.41. The molecule has 1 N–H and O–H groups in total. The van der Waals surface area contributed by atoms with Gasteiger partial charge >= 0.3 is 0 Å². The molecule has 2 aliphatic carbocycles. The predicted molar refractivity (Wildman–Crippen MR) is 132 cm³/mol. The number of rotatable bonds is 9. The fourth-order valence-electron chi connectivity index (χ4n) is 5.73. The summed E-state index contributed by atoms with van der Waals surface area (Å²) in [6.45, 7) is 1.89. The maximum Gasteiger partial charge on any atom is 0.0719 e. The van der Waals surface area contributed by atoms with E-state index in [1.807, 2.05) is 0 Å². The molecule has 0 spiro atoms. The van der Waals surface area contributed by atoms with Crippen molar-refractivity contribution >= 4 is 16.6 Å². The van der Waals surface area contributed by atoms with Crippen LogP contribution in [0.4, 0.5) is 5.69 Å². The Bertz CT molecular complexity index is 985. The molecule has 3 aromatic rings. The van der Waals surface area contributed by atoms with Gasteiger partial charge in [-0.15, -0.1) is 0 Å². The minimum absolute atomic E-state index is 0.626. The number of anilines is 1. The summed E-state index contributed by atoms with van der Waals surface area (Å²) in [7, 11) is 1.72. The van der Waals surface area contributed by atoms with E-state index in [0.29, 0.717) is 31.9 Å². The summed E-state index contributed by atoms with van der Waals surface area (Å²) in [6.07, 6.45) is 10.7. The molecule has 0 aliphatic heterocycles. The minimum atomic E-state index is 0.626. The smallest absolute Gasteiger partial charge is 0.0719 e. The summed E-state index contributed by atoms with van der Waals surface area (Å²) >= 11 is 0. The maximum atomic E-state index is 5.93. The van der Waals surface area contributed by atoms with Crippen LogP contribution >= 0.6 is 0 Å². The first kappa shape index (κ1) is 21.5. The number of hydrogen-bond donors (Lipinski definition) is 1. The van der Waals surface area contributed by atoms with Gasteiger partial charge in [-0.3, -0.25) is 0 Å². The second-order valence-electron chi connectivity index (χ2n) is 9.46. The molecule has 0 radical (unpaired) electrons. The number of ether oxygens (including phenoxy) is 2. The van der Waals surface area contributed by atoms with E-state index in [2.05, 4.69) is 58.4 Å². The second-order valence-corrected chi connectivity index (χ2v) is 9.46. The lowest BCUT2D eigenvalue weighted by atomic mass is 10.0. The Balaban J connectivity index is 1.57. The van der Waals surface area contributed by atoms with Crippen LogP contribution in [0.3, 0.4) is 0 Å². The van der Waals surface area contributed by atoms with Gasteiger partial charge in [0.15, 0.2) is 0 Å². The van der Waals surface area contributed by atoms with Gasteiger partial charge in [-0.05, 0) is 55.0 Å². The van der Waals surface area contributed by atoms with Gasteiger partial charge in [0.2, 0.25) is 0 Å². The summed E-state index contributed by atoms with van der Waals surface area (Å²) in [6, 6.07) is 19.0. The molecule has 4 heteroatoms. The molecule has 2 aromatic carbocycles. The average molecular weight is 433 g/mol. The van der Waals surface area contributed by atoms with Crippen molar-refractivity contribution in [2.24, 2.45) is 0 Å². The molecule has 0 atom stereocenters. The van der Waals surface area contributed by atoms with Crippen molar-refractivity contribution in [2.75, 3.05) is 25.2 Å². The molecule has 2 fully saturated rings. The van der Waals surface area contributed by atoms with Crippen LogP contribution in [0, 0.1) is 0 Å². The van der Waals surface area contributed by atoms with E-state index in [9.17, 15) is 0 Å². The molecule has 4 nitrogen and oxygen atoms in total. The molecular formula is C28H36N2O2. The van der Waals surface area contributed by atoms with Gasteiger partial charge in [-0.2, -0.15) is 0 Å². The van der Waals surface area contributed by atoms with Gasteiger partial charge in [-0.25, -0.2) is 0 Å². The van der Waals surface area contributed by atoms with Gasteiger partial charge in [0.1, 0.15) is 0 Å². The number of fused-ring (bicyclic) bond motifs is 1. The van der Waals surface area contributed by atoms with E-state index in [-0.39, 0.29) is 0 Å². The van der Waals surface area contributed by atoms with E-state index >= 15 is 0 Å². The Morgan fingerprint density at radius 2 is 1.56 bits per heavy atom. The van der Waals surface area contributed by atoms with E-state index in [4.69, 9.17) is 9.47 Å². The molecule has 0 amide bonds. The van der Waals surface area contributed by atoms with E-state index in [1.54, 1.807) is 7.11 Å². The zero-order chi connectivity index (χ0) is 21.8. The van der Waals surface area contributed by atoms with Crippen LogP contribution in [-0.2, 0) is 16.1 Å². The number of nitrogens with zero attached hydrogens (tertiary/aromatic N) is 1. The summed E-state index contributed by atoms with van der Waals surface area (Å²) in [4.78, 5) is 6.62. The topological polar surface area (TPSA) is 37.5 Å². The normalized spacial score (nSPS) is 17.5. The van der Waals surface area contributed by atoms with Crippen molar-refractivity contribution in [2.45, 2.75) is 70.1 Å². The molecule has 32 heavy (non-hydrogen) atoms. The average Bonchev–Trinajstić information content (AvgIpc) is 3.60. The van der Waals surface area contributed by atoms with E-state index in [1.165, 1.54) is 84.8 Å². The fourth-order valence-corrected chi connectivity index (χ4v) is 5.73. The van der Waals surface area contributed by atoms with Crippen molar-refractivity contribution in [3.8, 4) is 11.3 Å². The number of benzene rings is 2. The van der Waals surface area contributed by atoms with Crippen molar-refractivity contribution < 1.29 is 9.47 Å². The van der Waals surface area contributed by atoms with Crippen molar-refractivity contribution in [3.05, 3.63) is 54.1 Å². The van der Waals surface area contributed by atoms with Crippen molar-refractivity contribution in [1.29, 1.82) is 0 Å². The Morgan fingerprint density at radius 3 is 2.22 bits per heavy atom. The summed E-state index contributed by atoms with van der Waals surface area (Å²) in [5, 5.41) is 1.28. The third kappa shape index (κ3) is 4.57. The van der Waals surface area contributed by atoms with Crippen LogP contribution < -0.4 is 4.90 Å². The molecule has 0 unspecified atom stereocenters. The van der Waals surface area contributed by atoms with Gasteiger partial charge in [0.25, 0.3) is 0 Å². The highest BCUT2D eigenvalue weighted by Crippen LogP contribution is 2.40. The van der Waals surface area contributed by atoms with Crippen LogP contribution in [0.1, 0.15) is 56.9 Å². The van der Waals surface area contributed by atoms with Crippen LogP contribution in [0.5, 0.6) is 0 Å². The number of aromatic amines is 1. The second kappa shape index (κ2) is 10.1. The SMILES string of the molecule is COCCOCc1cc(N(C2CCCC2)C2CCCC2)c2[nH]c(-c3ccccc3)cc2c1. The molecule has 2 aliphatic rings. The zero-order valence-electron chi connectivity index (χ0n) is 19.3. The Morgan fingerprint density at radius 1 is 0.875 bits per heavy atom.